The molecule has 0 spiro atoms. The first kappa shape index (κ1) is 16.9. The van der Waals surface area contributed by atoms with Crippen molar-refractivity contribution in [2.45, 2.75) is 38.3 Å². The summed E-state index contributed by atoms with van der Waals surface area (Å²) in [7, 11) is -3.51. The average molecular weight is 351 g/mol. The van der Waals surface area contributed by atoms with Gasteiger partial charge in [0.25, 0.3) is 5.91 Å². The first-order valence-electron chi connectivity index (χ1n) is 7.91. The van der Waals surface area contributed by atoms with Crippen molar-refractivity contribution >= 4 is 27.6 Å². The Morgan fingerprint density at radius 3 is 2.33 bits per heavy atom. The van der Waals surface area contributed by atoms with Gasteiger partial charge in [-0.15, -0.1) is 0 Å². The summed E-state index contributed by atoms with van der Waals surface area (Å²) in [4.78, 5) is 26.2. The molecule has 0 bridgehead atoms. The Labute approximate surface area is 141 Å². The Balaban J connectivity index is 1.94. The molecule has 1 aromatic rings. The number of hydrogen-bond donors (Lipinski definition) is 1. The molecule has 3 rings (SSSR count). The summed E-state index contributed by atoms with van der Waals surface area (Å²) in [5.74, 6) is -0.158. The number of benzene rings is 1. The molecule has 2 atom stereocenters. The number of nitrogens with zero attached hydrogens (tertiary/aromatic N) is 2. The SMILES string of the molecule is CC(C)c1ccc(N2C(=O)N[C@@H]3CCN(S(C)(=O)=O)[C@@H]3C2=O)cc1. The van der Waals surface area contributed by atoms with E-state index in [1.165, 1.54) is 4.31 Å². The highest BCUT2D eigenvalue weighted by molar-refractivity contribution is 7.88. The summed E-state index contributed by atoms with van der Waals surface area (Å²) in [5, 5.41) is 2.76. The van der Waals surface area contributed by atoms with Crippen LogP contribution in [0.15, 0.2) is 24.3 Å². The topological polar surface area (TPSA) is 86.8 Å². The molecule has 1 aromatic carbocycles. The first-order valence-corrected chi connectivity index (χ1v) is 9.76. The number of hydrogen-bond acceptors (Lipinski definition) is 4. The van der Waals surface area contributed by atoms with Gasteiger partial charge in [-0.1, -0.05) is 26.0 Å². The third kappa shape index (κ3) is 2.80. The van der Waals surface area contributed by atoms with E-state index in [4.69, 9.17) is 0 Å². The number of carbonyl (C=O) groups excluding carboxylic acids is 2. The maximum absolute atomic E-state index is 12.9. The molecule has 8 heteroatoms. The van der Waals surface area contributed by atoms with Gasteiger partial charge in [0.1, 0.15) is 6.04 Å². The minimum Gasteiger partial charge on any atom is -0.332 e. The van der Waals surface area contributed by atoms with Gasteiger partial charge < -0.3 is 5.32 Å². The number of amides is 3. The van der Waals surface area contributed by atoms with Crippen LogP contribution in [0.3, 0.4) is 0 Å². The Bertz CT molecular complexity index is 773. The second kappa shape index (κ2) is 5.86. The predicted molar refractivity (Wildman–Crippen MR) is 90.3 cm³/mol. The van der Waals surface area contributed by atoms with E-state index in [0.29, 0.717) is 18.0 Å². The molecule has 2 heterocycles. The number of urea groups is 1. The zero-order chi connectivity index (χ0) is 17.6. The third-order valence-corrected chi connectivity index (χ3v) is 5.84. The van der Waals surface area contributed by atoms with Crippen LogP contribution in [0.2, 0.25) is 0 Å². The van der Waals surface area contributed by atoms with Crippen molar-refractivity contribution in [2.75, 3.05) is 17.7 Å². The molecule has 24 heavy (non-hydrogen) atoms. The van der Waals surface area contributed by atoms with E-state index < -0.39 is 34.0 Å². The fourth-order valence-electron chi connectivity index (χ4n) is 3.29. The van der Waals surface area contributed by atoms with Crippen LogP contribution in [0.4, 0.5) is 10.5 Å². The molecule has 0 aliphatic carbocycles. The van der Waals surface area contributed by atoms with Crippen LogP contribution in [-0.4, -0.2) is 49.5 Å². The number of fused-ring (bicyclic) bond motifs is 1. The van der Waals surface area contributed by atoms with E-state index in [0.717, 1.165) is 16.7 Å². The standard InChI is InChI=1S/C16H21N3O4S/c1-10(2)11-4-6-12(7-5-11)19-15(20)14-13(17-16(19)21)8-9-18(14)24(3,22)23/h4-7,10,13-14H,8-9H2,1-3H3,(H,17,21)/t13-,14+/m1/s1. The lowest BCUT2D eigenvalue weighted by molar-refractivity contribution is -0.122. The third-order valence-electron chi connectivity index (χ3n) is 4.58. The molecular formula is C16H21N3O4S. The average Bonchev–Trinajstić information content (AvgIpc) is 2.91. The first-order chi connectivity index (χ1) is 11.2. The lowest BCUT2D eigenvalue weighted by Crippen LogP contribution is -2.64. The van der Waals surface area contributed by atoms with Crippen LogP contribution >= 0.6 is 0 Å². The number of sulfonamides is 1. The minimum absolute atomic E-state index is 0.236. The highest BCUT2D eigenvalue weighted by Gasteiger charge is 2.51. The fourth-order valence-corrected chi connectivity index (χ4v) is 4.38. The second-order valence-corrected chi connectivity index (χ2v) is 8.52. The van der Waals surface area contributed by atoms with E-state index in [9.17, 15) is 18.0 Å². The number of nitrogens with one attached hydrogen (secondary N) is 1. The molecule has 1 N–H and O–H groups in total. The molecule has 2 fully saturated rings. The van der Waals surface area contributed by atoms with Crippen molar-refractivity contribution in [3.8, 4) is 0 Å². The molecule has 130 valence electrons. The molecule has 0 saturated carbocycles. The zero-order valence-corrected chi connectivity index (χ0v) is 14.7. The van der Waals surface area contributed by atoms with E-state index >= 15 is 0 Å². The van der Waals surface area contributed by atoms with Gasteiger partial charge in [0.2, 0.25) is 10.0 Å². The molecule has 3 amide bonds. The smallest absolute Gasteiger partial charge is 0.329 e. The second-order valence-electron chi connectivity index (χ2n) is 6.58. The maximum Gasteiger partial charge on any atom is 0.329 e. The molecule has 0 aromatic heterocycles. The van der Waals surface area contributed by atoms with E-state index in [2.05, 4.69) is 19.2 Å². The summed E-state index contributed by atoms with van der Waals surface area (Å²) in [5.41, 5.74) is 1.54. The van der Waals surface area contributed by atoms with Crippen LogP contribution in [0.25, 0.3) is 0 Å². The van der Waals surface area contributed by atoms with Crippen molar-refractivity contribution < 1.29 is 18.0 Å². The van der Waals surface area contributed by atoms with E-state index in [-0.39, 0.29) is 6.54 Å². The van der Waals surface area contributed by atoms with Crippen molar-refractivity contribution in [1.82, 2.24) is 9.62 Å². The van der Waals surface area contributed by atoms with Gasteiger partial charge in [-0.3, -0.25) is 4.79 Å². The summed E-state index contributed by atoms with van der Waals surface area (Å²) < 4.78 is 25.0. The number of carbonyl (C=O) groups is 2. The molecule has 0 unspecified atom stereocenters. The monoisotopic (exact) mass is 351 g/mol. The maximum atomic E-state index is 12.9. The Hall–Kier alpha value is -1.93. The number of anilines is 1. The summed E-state index contributed by atoms with van der Waals surface area (Å²) in [6, 6.07) is 5.33. The number of rotatable bonds is 3. The van der Waals surface area contributed by atoms with Crippen molar-refractivity contribution in [3.05, 3.63) is 29.8 Å². The van der Waals surface area contributed by atoms with Gasteiger partial charge in [-0.05, 0) is 30.0 Å². The van der Waals surface area contributed by atoms with Crippen molar-refractivity contribution in [3.63, 3.8) is 0 Å². The summed E-state index contributed by atoms with van der Waals surface area (Å²) >= 11 is 0. The minimum atomic E-state index is -3.51. The van der Waals surface area contributed by atoms with E-state index in [1.807, 2.05) is 12.1 Å². The summed E-state index contributed by atoms with van der Waals surface area (Å²) in [6.07, 6.45) is 1.52. The zero-order valence-electron chi connectivity index (χ0n) is 13.9. The van der Waals surface area contributed by atoms with Crippen LogP contribution in [0, 0.1) is 0 Å². The Kier molecular flexibility index (Phi) is 4.13. The Morgan fingerprint density at radius 1 is 1.17 bits per heavy atom. The molecule has 2 aliphatic rings. The highest BCUT2D eigenvalue weighted by atomic mass is 32.2. The van der Waals surface area contributed by atoms with Crippen molar-refractivity contribution in [1.29, 1.82) is 0 Å². The van der Waals surface area contributed by atoms with Gasteiger partial charge in [-0.2, -0.15) is 4.31 Å². The van der Waals surface area contributed by atoms with Crippen LogP contribution in [-0.2, 0) is 14.8 Å². The normalized spacial score (nSPS) is 25.1. The van der Waals surface area contributed by atoms with Gasteiger partial charge in [0.15, 0.2) is 0 Å². The van der Waals surface area contributed by atoms with Gasteiger partial charge in [0.05, 0.1) is 18.0 Å². The van der Waals surface area contributed by atoms with Crippen LogP contribution in [0.1, 0.15) is 31.7 Å². The van der Waals surface area contributed by atoms with Crippen molar-refractivity contribution in [2.24, 2.45) is 0 Å². The molecular weight excluding hydrogens is 330 g/mol. The van der Waals surface area contributed by atoms with Crippen LogP contribution in [0.5, 0.6) is 0 Å². The molecule has 2 aliphatic heterocycles. The van der Waals surface area contributed by atoms with Gasteiger partial charge in [0, 0.05) is 6.54 Å². The van der Waals surface area contributed by atoms with Crippen LogP contribution < -0.4 is 10.2 Å². The quantitative estimate of drug-likeness (QED) is 0.888. The lowest BCUT2D eigenvalue weighted by Gasteiger charge is -2.36. The Morgan fingerprint density at radius 2 is 1.79 bits per heavy atom. The fraction of sp³-hybridized carbons (Fsp3) is 0.500. The van der Waals surface area contributed by atoms with E-state index in [1.54, 1.807) is 12.1 Å². The molecule has 7 nitrogen and oxygen atoms in total. The molecule has 0 radical (unpaired) electrons. The molecule has 2 saturated heterocycles. The lowest BCUT2D eigenvalue weighted by atomic mass is 10.0. The van der Waals surface area contributed by atoms with Gasteiger partial charge >= 0.3 is 6.03 Å². The largest absolute Gasteiger partial charge is 0.332 e. The summed E-state index contributed by atoms with van der Waals surface area (Å²) in [6.45, 7) is 4.35. The number of imide groups is 1. The van der Waals surface area contributed by atoms with Gasteiger partial charge in [-0.25, -0.2) is 18.1 Å². The predicted octanol–water partition coefficient (Wildman–Crippen LogP) is 1.27. The highest BCUT2D eigenvalue weighted by Crippen LogP contribution is 2.29.